The van der Waals surface area contributed by atoms with Gasteiger partial charge in [-0.3, -0.25) is 4.79 Å². The lowest BCUT2D eigenvalue weighted by Crippen LogP contribution is -2.14. The van der Waals surface area contributed by atoms with Crippen LogP contribution >= 0.6 is 11.6 Å². The molecule has 0 heterocycles. The molecule has 0 aliphatic rings. The molecule has 1 aromatic rings. The van der Waals surface area contributed by atoms with Crippen LogP contribution < -0.4 is 10.5 Å². The van der Waals surface area contributed by atoms with Gasteiger partial charge in [0.25, 0.3) is 0 Å². The highest BCUT2D eigenvalue weighted by Gasteiger charge is 2.20. The van der Waals surface area contributed by atoms with Gasteiger partial charge in [0, 0.05) is 18.0 Å². The van der Waals surface area contributed by atoms with Crippen LogP contribution in [-0.2, 0) is 4.79 Å². The molecule has 1 unspecified atom stereocenters. The number of methoxy groups -OCH3 is 1. The molecule has 0 fully saturated rings. The summed E-state index contributed by atoms with van der Waals surface area (Å²) < 4.78 is 4.99. The average Bonchev–Trinajstić information content (AvgIpc) is 2.26. The van der Waals surface area contributed by atoms with E-state index in [1.165, 1.54) is 7.11 Å². The Morgan fingerprint density at radius 3 is 2.72 bits per heavy atom. The maximum Gasteiger partial charge on any atom is 0.303 e. The number of aliphatic carboxylic acids is 1. The largest absolute Gasteiger partial charge is 0.504 e. The van der Waals surface area contributed by atoms with Gasteiger partial charge in [-0.05, 0) is 25.0 Å². The highest BCUT2D eigenvalue weighted by molar-refractivity contribution is 6.32. The molecule has 4 N–H and O–H groups in total. The number of hydrogen-bond donors (Lipinski definition) is 3. The molecule has 1 rings (SSSR count). The summed E-state index contributed by atoms with van der Waals surface area (Å²) in [6.07, 6.45) is 0.166. The van der Waals surface area contributed by atoms with Crippen molar-refractivity contribution >= 4 is 17.6 Å². The molecule has 1 atom stereocenters. The van der Waals surface area contributed by atoms with E-state index in [1.807, 2.05) is 0 Å². The zero-order chi connectivity index (χ0) is 13.9. The molecular weight excluding hydrogens is 258 g/mol. The average molecular weight is 274 g/mol. The normalized spacial score (nSPS) is 12.2. The fraction of sp³-hybridized carbons (Fsp3) is 0.417. The summed E-state index contributed by atoms with van der Waals surface area (Å²) >= 11 is 5.92. The number of carboxylic acids is 1. The first kappa shape index (κ1) is 14.6. The molecule has 0 amide bonds. The Morgan fingerprint density at radius 1 is 1.61 bits per heavy atom. The van der Waals surface area contributed by atoms with Crippen LogP contribution in [0.5, 0.6) is 11.5 Å². The summed E-state index contributed by atoms with van der Waals surface area (Å²) in [5.41, 5.74) is 7.07. The van der Waals surface area contributed by atoms with Crippen molar-refractivity contribution in [2.75, 3.05) is 7.11 Å². The molecule has 0 aliphatic carbocycles. The summed E-state index contributed by atoms with van der Waals surface area (Å²) in [6, 6.07) is 1.06. The maximum atomic E-state index is 10.5. The molecule has 0 bridgehead atoms. The fourth-order valence-corrected chi connectivity index (χ4v) is 2.17. The van der Waals surface area contributed by atoms with E-state index in [1.54, 1.807) is 13.0 Å². The number of phenolic OH excluding ortho intramolecular Hbond substituents is 1. The Balaban J connectivity index is 3.11. The van der Waals surface area contributed by atoms with Gasteiger partial charge in [-0.15, -0.1) is 0 Å². The highest BCUT2D eigenvalue weighted by atomic mass is 35.5. The minimum atomic E-state index is -0.927. The Kier molecular flexibility index (Phi) is 4.81. The predicted octanol–water partition coefficient (Wildman–Crippen LogP) is 2.23. The van der Waals surface area contributed by atoms with Crippen LogP contribution in [0.3, 0.4) is 0 Å². The minimum Gasteiger partial charge on any atom is -0.504 e. The third kappa shape index (κ3) is 3.05. The molecule has 0 saturated heterocycles. The quantitative estimate of drug-likeness (QED) is 0.765. The van der Waals surface area contributed by atoms with Crippen LogP contribution in [-0.4, -0.2) is 23.3 Å². The maximum absolute atomic E-state index is 10.5. The van der Waals surface area contributed by atoms with Gasteiger partial charge in [0.15, 0.2) is 11.5 Å². The zero-order valence-corrected chi connectivity index (χ0v) is 11.0. The summed E-state index contributed by atoms with van der Waals surface area (Å²) in [7, 11) is 1.39. The number of carboxylic acid groups (broad SMARTS) is 1. The summed E-state index contributed by atoms with van der Waals surface area (Å²) in [4.78, 5) is 10.5. The standard InChI is InChI=1S/C12H16ClNO4/c1-6-5-7(13)12(18-2)11(17)10(6)8(14)3-4-9(15)16/h5,8,17H,3-4,14H2,1-2H3,(H,15,16). The number of carbonyl (C=O) groups is 1. The van der Waals surface area contributed by atoms with Crippen molar-refractivity contribution in [1.82, 2.24) is 0 Å². The fourth-order valence-electron chi connectivity index (χ4n) is 1.84. The third-order valence-electron chi connectivity index (χ3n) is 2.70. The number of phenols is 1. The Morgan fingerprint density at radius 2 is 2.22 bits per heavy atom. The molecule has 18 heavy (non-hydrogen) atoms. The van der Waals surface area contributed by atoms with Crippen molar-refractivity contribution in [2.45, 2.75) is 25.8 Å². The molecule has 5 nitrogen and oxygen atoms in total. The Hall–Kier alpha value is -1.46. The molecular formula is C12H16ClNO4. The van der Waals surface area contributed by atoms with Gasteiger partial charge in [0.1, 0.15) is 0 Å². The molecule has 100 valence electrons. The topological polar surface area (TPSA) is 92.8 Å². The van der Waals surface area contributed by atoms with E-state index in [2.05, 4.69) is 0 Å². The molecule has 0 saturated carbocycles. The second-order valence-corrected chi connectivity index (χ2v) is 4.42. The van der Waals surface area contributed by atoms with E-state index in [9.17, 15) is 9.90 Å². The number of halogens is 1. The lowest BCUT2D eigenvalue weighted by molar-refractivity contribution is -0.137. The lowest BCUT2D eigenvalue weighted by atomic mass is 9.96. The molecule has 0 radical (unpaired) electrons. The van der Waals surface area contributed by atoms with Crippen LogP contribution in [0.25, 0.3) is 0 Å². The summed E-state index contributed by atoms with van der Waals surface area (Å²) in [5, 5.41) is 19.0. The summed E-state index contributed by atoms with van der Waals surface area (Å²) in [6.45, 7) is 1.75. The van der Waals surface area contributed by atoms with Crippen molar-refractivity contribution in [2.24, 2.45) is 5.73 Å². The van der Waals surface area contributed by atoms with E-state index < -0.39 is 12.0 Å². The number of rotatable bonds is 5. The van der Waals surface area contributed by atoms with Gasteiger partial charge in [0.2, 0.25) is 0 Å². The zero-order valence-electron chi connectivity index (χ0n) is 10.2. The predicted molar refractivity (Wildman–Crippen MR) is 68.2 cm³/mol. The smallest absolute Gasteiger partial charge is 0.303 e. The van der Waals surface area contributed by atoms with Crippen molar-refractivity contribution in [3.63, 3.8) is 0 Å². The van der Waals surface area contributed by atoms with E-state index in [0.717, 1.165) is 0 Å². The number of ether oxygens (including phenoxy) is 1. The van der Waals surface area contributed by atoms with E-state index in [-0.39, 0.29) is 24.3 Å². The Bertz CT molecular complexity index is 462. The van der Waals surface area contributed by atoms with Crippen LogP contribution in [0.15, 0.2) is 6.07 Å². The number of hydrogen-bond acceptors (Lipinski definition) is 4. The number of aryl methyl sites for hydroxylation is 1. The molecule has 1 aromatic carbocycles. The van der Waals surface area contributed by atoms with Gasteiger partial charge >= 0.3 is 5.97 Å². The number of nitrogens with two attached hydrogens (primary N) is 1. The summed E-state index contributed by atoms with van der Waals surface area (Å²) in [5.74, 6) is -0.896. The van der Waals surface area contributed by atoms with Crippen LogP contribution in [0.1, 0.15) is 30.0 Å². The van der Waals surface area contributed by atoms with Crippen molar-refractivity contribution in [1.29, 1.82) is 0 Å². The minimum absolute atomic E-state index is 0.0645. The first-order valence-corrected chi connectivity index (χ1v) is 5.79. The van der Waals surface area contributed by atoms with Gasteiger partial charge < -0.3 is 20.7 Å². The first-order valence-electron chi connectivity index (χ1n) is 5.41. The Labute approximate surface area is 110 Å². The number of benzene rings is 1. The third-order valence-corrected chi connectivity index (χ3v) is 2.98. The number of aromatic hydroxyl groups is 1. The van der Waals surface area contributed by atoms with Crippen molar-refractivity contribution in [3.05, 3.63) is 22.2 Å². The first-order chi connectivity index (χ1) is 8.38. The van der Waals surface area contributed by atoms with Crippen molar-refractivity contribution < 1.29 is 19.7 Å². The SMILES string of the molecule is COc1c(Cl)cc(C)c(C(N)CCC(=O)O)c1O. The van der Waals surface area contributed by atoms with Crippen LogP contribution in [0.4, 0.5) is 0 Å². The molecule has 6 heteroatoms. The van der Waals surface area contributed by atoms with E-state index in [4.69, 9.17) is 27.2 Å². The van der Waals surface area contributed by atoms with Gasteiger partial charge in [-0.1, -0.05) is 11.6 Å². The van der Waals surface area contributed by atoms with E-state index >= 15 is 0 Å². The van der Waals surface area contributed by atoms with Crippen LogP contribution in [0, 0.1) is 6.92 Å². The second kappa shape index (κ2) is 5.93. The van der Waals surface area contributed by atoms with Crippen molar-refractivity contribution in [3.8, 4) is 11.5 Å². The van der Waals surface area contributed by atoms with Crippen LogP contribution in [0.2, 0.25) is 5.02 Å². The van der Waals surface area contributed by atoms with Gasteiger partial charge in [-0.2, -0.15) is 0 Å². The highest BCUT2D eigenvalue weighted by Crippen LogP contribution is 2.41. The lowest BCUT2D eigenvalue weighted by Gasteiger charge is -2.18. The molecule has 0 aromatic heterocycles. The monoisotopic (exact) mass is 273 g/mol. The second-order valence-electron chi connectivity index (χ2n) is 4.01. The van der Waals surface area contributed by atoms with Gasteiger partial charge in [-0.25, -0.2) is 0 Å². The molecule has 0 spiro atoms. The molecule has 0 aliphatic heterocycles. The van der Waals surface area contributed by atoms with E-state index in [0.29, 0.717) is 16.1 Å². The van der Waals surface area contributed by atoms with Gasteiger partial charge in [0.05, 0.1) is 12.1 Å².